The van der Waals surface area contributed by atoms with E-state index in [0.717, 1.165) is 4.47 Å². The van der Waals surface area contributed by atoms with Gasteiger partial charge in [0.2, 0.25) is 0 Å². The molecule has 0 spiro atoms. The first-order valence-electron chi connectivity index (χ1n) is 5.30. The van der Waals surface area contributed by atoms with Crippen LogP contribution in [0.3, 0.4) is 0 Å². The van der Waals surface area contributed by atoms with E-state index in [1.54, 1.807) is 6.07 Å². The van der Waals surface area contributed by atoms with Gasteiger partial charge in [-0.1, -0.05) is 22.0 Å². The van der Waals surface area contributed by atoms with Crippen LogP contribution in [0.5, 0.6) is 0 Å². The summed E-state index contributed by atoms with van der Waals surface area (Å²) in [6.07, 6.45) is 0.645. The molecule has 1 unspecified atom stereocenters. The van der Waals surface area contributed by atoms with E-state index in [9.17, 15) is 4.39 Å². The summed E-state index contributed by atoms with van der Waals surface area (Å²) < 4.78 is 19.6. The number of benzene rings is 1. The fraction of sp³-hybridized carbons (Fsp3) is 0.500. The molecule has 0 saturated carbocycles. The van der Waals surface area contributed by atoms with Crippen LogP contribution < -0.4 is 5.73 Å². The SMILES string of the molecule is CC(C)OCC(N)Cc1ccc(Br)cc1F. The Morgan fingerprint density at radius 2 is 2.12 bits per heavy atom. The fourth-order valence-electron chi connectivity index (χ4n) is 1.34. The van der Waals surface area contributed by atoms with Gasteiger partial charge in [0.1, 0.15) is 5.82 Å². The van der Waals surface area contributed by atoms with Gasteiger partial charge in [-0.15, -0.1) is 0 Å². The first-order chi connectivity index (χ1) is 7.49. The lowest BCUT2D eigenvalue weighted by Crippen LogP contribution is -2.30. The van der Waals surface area contributed by atoms with Crippen molar-refractivity contribution in [1.82, 2.24) is 0 Å². The van der Waals surface area contributed by atoms with E-state index in [0.29, 0.717) is 18.6 Å². The average Bonchev–Trinajstić information content (AvgIpc) is 2.19. The molecule has 0 amide bonds. The van der Waals surface area contributed by atoms with Crippen molar-refractivity contribution >= 4 is 15.9 Å². The number of ether oxygens (including phenoxy) is 1. The Kier molecular flexibility index (Phi) is 5.38. The molecule has 2 nitrogen and oxygen atoms in total. The molecule has 4 heteroatoms. The van der Waals surface area contributed by atoms with Crippen molar-refractivity contribution in [2.75, 3.05) is 6.61 Å². The fourth-order valence-corrected chi connectivity index (χ4v) is 1.68. The molecule has 0 radical (unpaired) electrons. The zero-order valence-corrected chi connectivity index (χ0v) is 11.1. The average molecular weight is 290 g/mol. The molecule has 0 bridgehead atoms. The molecule has 0 aliphatic carbocycles. The van der Waals surface area contributed by atoms with E-state index >= 15 is 0 Å². The van der Waals surface area contributed by atoms with Gasteiger partial charge in [-0.3, -0.25) is 0 Å². The number of hydrogen-bond acceptors (Lipinski definition) is 2. The van der Waals surface area contributed by atoms with E-state index in [2.05, 4.69) is 15.9 Å². The molecule has 0 aliphatic rings. The van der Waals surface area contributed by atoms with Crippen molar-refractivity contribution in [2.45, 2.75) is 32.4 Å². The smallest absolute Gasteiger partial charge is 0.127 e. The number of halogens is 2. The van der Waals surface area contributed by atoms with Gasteiger partial charge in [-0.2, -0.15) is 0 Å². The third-order valence-corrected chi connectivity index (χ3v) is 2.63. The Morgan fingerprint density at radius 1 is 1.44 bits per heavy atom. The van der Waals surface area contributed by atoms with Crippen LogP contribution in [0, 0.1) is 5.82 Å². The lowest BCUT2D eigenvalue weighted by Gasteiger charge is -2.14. The summed E-state index contributed by atoms with van der Waals surface area (Å²) >= 11 is 3.22. The minimum absolute atomic E-state index is 0.154. The van der Waals surface area contributed by atoms with Crippen molar-refractivity contribution in [3.05, 3.63) is 34.1 Å². The zero-order valence-electron chi connectivity index (χ0n) is 9.54. The van der Waals surface area contributed by atoms with E-state index < -0.39 is 0 Å². The van der Waals surface area contributed by atoms with E-state index in [1.807, 2.05) is 19.9 Å². The molecule has 1 rings (SSSR count). The first-order valence-corrected chi connectivity index (χ1v) is 6.09. The number of nitrogens with two attached hydrogens (primary N) is 1. The lowest BCUT2D eigenvalue weighted by atomic mass is 10.1. The molecular weight excluding hydrogens is 273 g/mol. The monoisotopic (exact) mass is 289 g/mol. The molecule has 0 fully saturated rings. The van der Waals surface area contributed by atoms with Crippen LogP contribution in [0.1, 0.15) is 19.4 Å². The highest BCUT2D eigenvalue weighted by Crippen LogP contribution is 2.16. The maximum atomic E-state index is 13.5. The Bertz CT molecular complexity index is 344. The molecule has 0 aromatic heterocycles. The van der Waals surface area contributed by atoms with Gasteiger partial charge < -0.3 is 10.5 Å². The van der Waals surface area contributed by atoms with Gasteiger partial charge in [0.25, 0.3) is 0 Å². The summed E-state index contributed by atoms with van der Waals surface area (Å²) in [5.74, 6) is -0.227. The minimum atomic E-state index is -0.227. The van der Waals surface area contributed by atoms with Crippen LogP contribution in [0.15, 0.2) is 22.7 Å². The molecule has 1 atom stereocenters. The largest absolute Gasteiger partial charge is 0.377 e. The molecule has 90 valence electrons. The molecule has 2 N–H and O–H groups in total. The molecule has 16 heavy (non-hydrogen) atoms. The summed E-state index contributed by atoms with van der Waals surface area (Å²) in [4.78, 5) is 0. The van der Waals surface area contributed by atoms with E-state index in [-0.39, 0.29) is 18.0 Å². The van der Waals surface area contributed by atoms with Crippen LogP contribution in [0.2, 0.25) is 0 Å². The third kappa shape index (κ3) is 4.60. The van der Waals surface area contributed by atoms with Gasteiger partial charge in [0.05, 0.1) is 12.7 Å². The highest BCUT2D eigenvalue weighted by atomic mass is 79.9. The van der Waals surface area contributed by atoms with Crippen molar-refractivity contribution in [1.29, 1.82) is 0 Å². The molecule has 1 aromatic rings. The van der Waals surface area contributed by atoms with Gasteiger partial charge in [0, 0.05) is 10.5 Å². The minimum Gasteiger partial charge on any atom is -0.377 e. The number of hydrogen-bond donors (Lipinski definition) is 1. The predicted octanol–water partition coefficient (Wildman–Crippen LogP) is 2.88. The molecular formula is C12H17BrFNO. The second kappa shape index (κ2) is 6.33. The maximum absolute atomic E-state index is 13.5. The zero-order chi connectivity index (χ0) is 12.1. The summed E-state index contributed by atoms with van der Waals surface area (Å²) in [6, 6.07) is 4.84. The van der Waals surface area contributed by atoms with Gasteiger partial charge in [-0.05, 0) is 38.0 Å². The van der Waals surface area contributed by atoms with Crippen molar-refractivity contribution in [3.8, 4) is 0 Å². The van der Waals surface area contributed by atoms with E-state index in [4.69, 9.17) is 10.5 Å². The first kappa shape index (κ1) is 13.6. The van der Waals surface area contributed by atoms with Crippen LogP contribution in [-0.4, -0.2) is 18.8 Å². The third-order valence-electron chi connectivity index (χ3n) is 2.14. The van der Waals surface area contributed by atoms with Crippen molar-refractivity contribution < 1.29 is 9.13 Å². The molecule has 0 aliphatic heterocycles. The Hall–Kier alpha value is -0.450. The molecule has 0 heterocycles. The van der Waals surface area contributed by atoms with Crippen LogP contribution >= 0.6 is 15.9 Å². The van der Waals surface area contributed by atoms with Crippen LogP contribution in [-0.2, 0) is 11.2 Å². The second-order valence-corrected chi connectivity index (χ2v) is 5.00. The summed E-state index contributed by atoms with van der Waals surface area (Å²) in [6.45, 7) is 4.35. The highest BCUT2D eigenvalue weighted by Gasteiger charge is 2.09. The highest BCUT2D eigenvalue weighted by molar-refractivity contribution is 9.10. The molecule has 0 saturated heterocycles. The maximum Gasteiger partial charge on any atom is 0.127 e. The standard InChI is InChI=1S/C12H17BrFNO/c1-8(2)16-7-11(15)5-9-3-4-10(13)6-12(9)14/h3-4,6,8,11H,5,7,15H2,1-2H3. The second-order valence-electron chi connectivity index (χ2n) is 4.08. The Balaban J connectivity index is 2.52. The van der Waals surface area contributed by atoms with Gasteiger partial charge in [0.15, 0.2) is 0 Å². The Labute approximate surface area is 104 Å². The predicted molar refractivity (Wildman–Crippen MR) is 66.9 cm³/mol. The van der Waals surface area contributed by atoms with Crippen LogP contribution in [0.4, 0.5) is 4.39 Å². The van der Waals surface area contributed by atoms with Crippen LogP contribution in [0.25, 0.3) is 0 Å². The lowest BCUT2D eigenvalue weighted by molar-refractivity contribution is 0.0683. The topological polar surface area (TPSA) is 35.2 Å². The van der Waals surface area contributed by atoms with Gasteiger partial charge >= 0.3 is 0 Å². The number of rotatable bonds is 5. The molecule has 1 aromatic carbocycles. The van der Waals surface area contributed by atoms with Crippen molar-refractivity contribution in [3.63, 3.8) is 0 Å². The summed E-state index contributed by atoms with van der Waals surface area (Å²) in [5.41, 5.74) is 6.49. The Morgan fingerprint density at radius 3 is 2.69 bits per heavy atom. The normalized spacial score (nSPS) is 13.1. The van der Waals surface area contributed by atoms with Gasteiger partial charge in [-0.25, -0.2) is 4.39 Å². The summed E-state index contributed by atoms with van der Waals surface area (Å²) in [7, 11) is 0. The van der Waals surface area contributed by atoms with Crippen molar-refractivity contribution in [2.24, 2.45) is 5.73 Å². The summed E-state index contributed by atoms with van der Waals surface area (Å²) in [5, 5.41) is 0. The van der Waals surface area contributed by atoms with E-state index in [1.165, 1.54) is 6.07 Å². The quantitative estimate of drug-likeness (QED) is 0.905.